The summed E-state index contributed by atoms with van der Waals surface area (Å²) in [5.41, 5.74) is 0.517. The summed E-state index contributed by atoms with van der Waals surface area (Å²) in [6.45, 7) is 8.56. The Morgan fingerprint density at radius 3 is 2.42 bits per heavy atom. The van der Waals surface area contributed by atoms with Gasteiger partial charge in [-0.25, -0.2) is 0 Å². The standard InChI is InChI=1S/C26H39NO4/c1-17(5-4-12-27)20-6-7-21-24-22(9-11-26(20,21)3)25(2)10-8-19(30-15-28)13-18(25)14-23(24)31-16-29/h15-24H,4-11,13-14H2,1-3H3/t17-,18+,19-,20-,21+,22+,23+,24+,25+,26-/m1/s1. The first-order chi connectivity index (χ1) is 14.9. The Morgan fingerprint density at radius 2 is 1.71 bits per heavy atom. The molecule has 172 valence electrons. The highest BCUT2D eigenvalue weighted by molar-refractivity contribution is 5.38. The first kappa shape index (κ1) is 22.6. The molecule has 0 aromatic rings. The summed E-state index contributed by atoms with van der Waals surface area (Å²) in [6, 6.07) is 2.33. The van der Waals surface area contributed by atoms with Gasteiger partial charge in [0, 0.05) is 12.3 Å². The third-order valence-corrected chi connectivity index (χ3v) is 10.6. The molecule has 5 nitrogen and oxygen atoms in total. The summed E-state index contributed by atoms with van der Waals surface area (Å²) in [7, 11) is 0. The van der Waals surface area contributed by atoms with Crippen LogP contribution in [0.1, 0.15) is 85.0 Å². The van der Waals surface area contributed by atoms with Crippen molar-refractivity contribution in [3.8, 4) is 6.07 Å². The van der Waals surface area contributed by atoms with Crippen LogP contribution in [-0.2, 0) is 19.1 Å². The molecule has 0 heterocycles. The van der Waals surface area contributed by atoms with Crippen LogP contribution in [0.25, 0.3) is 0 Å². The molecule has 0 aliphatic heterocycles. The maximum atomic E-state index is 11.5. The molecule has 4 aliphatic rings. The molecule has 4 aliphatic carbocycles. The zero-order valence-corrected chi connectivity index (χ0v) is 19.4. The second-order valence-corrected chi connectivity index (χ2v) is 11.5. The van der Waals surface area contributed by atoms with E-state index < -0.39 is 0 Å². The predicted molar refractivity (Wildman–Crippen MR) is 116 cm³/mol. The number of carbonyl (C=O) groups excluding carboxylic acids is 2. The molecule has 0 amide bonds. The number of hydrogen-bond acceptors (Lipinski definition) is 5. The van der Waals surface area contributed by atoms with Crippen molar-refractivity contribution in [1.82, 2.24) is 0 Å². The van der Waals surface area contributed by atoms with E-state index in [1.165, 1.54) is 25.7 Å². The summed E-state index contributed by atoms with van der Waals surface area (Å²) >= 11 is 0. The van der Waals surface area contributed by atoms with E-state index in [-0.39, 0.29) is 23.0 Å². The monoisotopic (exact) mass is 429 g/mol. The van der Waals surface area contributed by atoms with Crippen molar-refractivity contribution in [2.45, 2.75) is 97.2 Å². The minimum absolute atomic E-state index is 0.00899. The lowest BCUT2D eigenvalue weighted by atomic mass is 9.43. The Morgan fingerprint density at radius 1 is 1.00 bits per heavy atom. The highest BCUT2D eigenvalue weighted by atomic mass is 16.5. The highest BCUT2D eigenvalue weighted by Gasteiger charge is 2.63. The van der Waals surface area contributed by atoms with Crippen LogP contribution in [0.3, 0.4) is 0 Å². The Hall–Kier alpha value is -1.57. The van der Waals surface area contributed by atoms with Crippen molar-refractivity contribution in [1.29, 1.82) is 5.26 Å². The molecule has 0 aromatic carbocycles. The van der Waals surface area contributed by atoms with Crippen LogP contribution in [0.4, 0.5) is 0 Å². The number of nitrogens with zero attached hydrogens (tertiary/aromatic N) is 1. The number of nitriles is 1. The maximum Gasteiger partial charge on any atom is 0.293 e. The minimum Gasteiger partial charge on any atom is -0.465 e. The molecule has 0 radical (unpaired) electrons. The summed E-state index contributed by atoms with van der Waals surface area (Å²) in [5, 5.41) is 9.07. The van der Waals surface area contributed by atoms with Gasteiger partial charge in [-0.1, -0.05) is 20.8 Å². The lowest BCUT2D eigenvalue weighted by Gasteiger charge is -2.62. The van der Waals surface area contributed by atoms with E-state index in [2.05, 4.69) is 26.8 Å². The van der Waals surface area contributed by atoms with Crippen LogP contribution < -0.4 is 0 Å². The van der Waals surface area contributed by atoms with E-state index in [0.717, 1.165) is 32.1 Å². The molecule has 10 atom stereocenters. The van der Waals surface area contributed by atoms with Crippen LogP contribution >= 0.6 is 0 Å². The molecule has 0 N–H and O–H groups in total. The molecule has 0 unspecified atom stereocenters. The van der Waals surface area contributed by atoms with E-state index in [9.17, 15) is 9.59 Å². The normalized spacial score (nSPS) is 47.1. The molecule has 0 spiro atoms. The number of carbonyl (C=O) groups is 2. The van der Waals surface area contributed by atoms with Gasteiger partial charge in [0.05, 0.1) is 6.07 Å². The van der Waals surface area contributed by atoms with E-state index in [1.54, 1.807) is 0 Å². The third-order valence-electron chi connectivity index (χ3n) is 10.6. The van der Waals surface area contributed by atoms with Crippen molar-refractivity contribution in [3.63, 3.8) is 0 Å². The Bertz CT molecular complexity index is 719. The summed E-state index contributed by atoms with van der Waals surface area (Å²) < 4.78 is 11.2. The highest BCUT2D eigenvalue weighted by Crippen LogP contribution is 2.68. The van der Waals surface area contributed by atoms with E-state index >= 15 is 0 Å². The zero-order valence-electron chi connectivity index (χ0n) is 19.4. The fourth-order valence-electron chi connectivity index (χ4n) is 9.04. The molecular formula is C26H39NO4. The van der Waals surface area contributed by atoms with Crippen molar-refractivity contribution in [2.24, 2.45) is 46.3 Å². The van der Waals surface area contributed by atoms with Gasteiger partial charge in [-0.15, -0.1) is 0 Å². The van der Waals surface area contributed by atoms with Crippen LogP contribution in [0.15, 0.2) is 0 Å². The van der Waals surface area contributed by atoms with Gasteiger partial charge >= 0.3 is 0 Å². The number of fused-ring (bicyclic) bond motifs is 5. The molecule has 5 heteroatoms. The Kier molecular flexibility index (Phi) is 6.39. The molecule has 4 saturated carbocycles. The van der Waals surface area contributed by atoms with Gasteiger partial charge in [0.2, 0.25) is 0 Å². The van der Waals surface area contributed by atoms with Crippen LogP contribution in [0.2, 0.25) is 0 Å². The quantitative estimate of drug-likeness (QED) is 0.515. The average molecular weight is 430 g/mol. The molecule has 0 saturated heterocycles. The average Bonchev–Trinajstić information content (AvgIpc) is 3.10. The molecular weight excluding hydrogens is 390 g/mol. The second kappa shape index (κ2) is 8.75. The van der Waals surface area contributed by atoms with E-state index in [1.807, 2.05) is 0 Å². The Balaban J connectivity index is 1.60. The lowest BCUT2D eigenvalue weighted by molar-refractivity contribution is -0.190. The largest absolute Gasteiger partial charge is 0.465 e. The SMILES string of the molecule is C[C@H](CCC#N)[C@H]1CC[C@H]2[C@@H]3[C@@H](OC=O)C[C@@H]4C[C@H](OC=O)CC[C@]4(C)[C@H]3CC[C@]12C. The van der Waals surface area contributed by atoms with Crippen molar-refractivity contribution < 1.29 is 19.1 Å². The van der Waals surface area contributed by atoms with E-state index in [0.29, 0.717) is 54.9 Å². The summed E-state index contributed by atoms with van der Waals surface area (Å²) in [6.07, 6.45) is 10.4. The number of rotatable bonds is 7. The number of ether oxygens (including phenoxy) is 2. The van der Waals surface area contributed by atoms with Gasteiger partial charge in [-0.05, 0) is 98.2 Å². The minimum atomic E-state index is -0.0201. The Labute approximate surface area is 187 Å². The van der Waals surface area contributed by atoms with Gasteiger partial charge in [0.15, 0.2) is 0 Å². The zero-order chi connectivity index (χ0) is 22.2. The van der Waals surface area contributed by atoms with Crippen LogP contribution in [0.5, 0.6) is 0 Å². The molecule has 4 fully saturated rings. The van der Waals surface area contributed by atoms with Crippen LogP contribution in [0, 0.1) is 57.7 Å². The predicted octanol–water partition coefficient (Wildman–Crippen LogP) is 5.28. The topological polar surface area (TPSA) is 76.4 Å². The van der Waals surface area contributed by atoms with Crippen LogP contribution in [-0.4, -0.2) is 25.2 Å². The first-order valence-electron chi connectivity index (χ1n) is 12.4. The first-order valence-corrected chi connectivity index (χ1v) is 12.4. The van der Waals surface area contributed by atoms with Gasteiger partial charge in [0.1, 0.15) is 12.2 Å². The third kappa shape index (κ3) is 3.68. The fourth-order valence-corrected chi connectivity index (χ4v) is 9.04. The van der Waals surface area contributed by atoms with E-state index in [4.69, 9.17) is 14.7 Å². The fraction of sp³-hybridized carbons (Fsp3) is 0.885. The van der Waals surface area contributed by atoms with Gasteiger partial charge in [-0.3, -0.25) is 9.59 Å². The molecule has 0 aromatic heterocycles. The molecule has 0 bridgehead atoms. The summed E-state index contributed by atoms with van der Waals surface area (Å²) in [5.74, 6) is 3.26. The number of hydrogen-bond donors (Lipinski definition) is 0. The van der Waals surface area contributed by atoms with Crippen molar-refractivity contribution >= 4 is 12.9 Å². The van der Waals surface area contributed by atoms with Crippen molar-refractivity contribution in [2.75, 3.05) is 0 Å². The van der Waals surface area contributed by atoms with Gasteiger partial charge < -0.3 is 9.47 Å². The second-order valence-electron chi connectivity index (χ2n) is 11.5. The summed E-state index contributed by atoms with van der Waals surface area (Å²) in [4.78, 5) is 22.4. The lowest BCUT2D eigenvalue weighted by Crippen LogP contribution is -2.59. The van der Waals surface area contributed by atoms with Gasteiger partial charge in [0.25, 0.3) is 12.9 Å². The smallest absolute Gasteiger partial charge is 0.293 e. The van der Waals surface area contributed by atoms with Gasteiger partial charge in [-0.2, -0.15) is 5.26 Å². The molecule has 4 rings (SSSR count). The maximum absolute atomic E-state index is 11.5. The van der Waals surface area contributed by atoms with Crippen molar-refractivity contribution in [3.05, 3.63) is 0 Å². The molecule has 31 heavy (non-hydrogen) atoms.